The number of cyclic esters (lactones) is 1. The second-order valence-electron chi connectivity index (χ2n) is 9.79. The van der Waals surface area contributed by atoms with Crippen molar-refractivity contribution in [3.8, 4) is 0 Å². The van der Waals surface area contributed by atoms with Crippen molar-refractivity contribution in [2.45, 2.75) is 95.8 Å². The Bertz CT molecular complexity index is 667. The Balaban J connectivity index is 1.41. The van der Waals surface area contributed by atoms with E-state index in [2.05, 4.69) is 11.8 Å². The molecule has 0 bridgehead atoms. The first-order valence-corrected chi connectivity index (χ1v) is 11.3. The van der Waals surface area contributed by atoms with Crippen molar-refractivity contribution >= 4 is 11.9 Å². The minimum absolute atomic E-state index is 0.0182. The van der Waals surface area contributed by atoms with Crippen molar-refractivity contribution in [2.24, 2.45) is 23.7 Å². The number of carbonyl (C=O) groups excluding carboxylic acids is 2. The third kappa shape index (κ3) is 2.67. The zero-order valence-electron chi connectivity index (χ0n) is 17.3. The van der Waals surface area contributed by atoms with Crippen molar-refractivity contribution in [3.63, 3.8) is 0 Å². The molecule has 0 radical (unpaired) electrons. The summed E-state index contributed by atoms with van der Waals surface area (Å²) < 4.78 is 18.3. The third-order valence-corrected chi connectivity index (χ3v) is 8.16. The van der Waals surface area contributed by atoms with E-state index in [1.54, 1.807) is 0 Å². The van der Waals surface area contributed by atoms with Crippen LogP contribution in [0.15, 0.2) is 0 Å². The molecule has 0 aromatic rings. The van der Waals surface area contributed by atoms with Gasteiger partial charge >= 0.3 is 11.9 Å². The van der Waals surface area contributed by atoms with Crippen LogP contribution in [0.2, 0.25) is 0 Å². The largest absolute Gasteiger partial charge is 0.460 e. The summed E-state index contributed by atoms with van der Waals surface area (Å²) in [5.74, 6) is -0.278. The highest BCUT2D eigenvalue weighted by Gasteiger charge is 2.64. The van der Waals surface area contributed by atoms with E-state index in [9.17, 15) is 9.59 Å². The van der Waals surface area contributed by atoms with Gasteiger partial charge in [0.1, 0.15) is 6.10 Å². The monoisotopic (exact) mass is 391 g/mol. The zero-order valence-corrected chi connectivity index (χ0v) is 17.3. The van der Waals surface area contributed by atoms with Gasteiger partial charge in [-0.2, -0.15) is 0 Å². The van der Waals surface area contributed by atoms with Crippen LogP contribution >= 0.6 is 0 Å². The maximum atomic E-state index is 12.2. The summed E-state index contributed by atoms with van der Waals surface area (Å²) in [5, 5.41) is 0. The van der Waals surface area contributed by atoms with E-state index in [-0.39, 0.29) is 41.9 Å². The van der Waals surface area contributed by atoms with Crippen LogP contribution in [0.1, 0.15) is 65.7 Å². The van der Waals surface area contributed by atoms with Crippen LogP contribution in [-0.2, 0) is 23.8 Å². The van der Waals surface area contributed by atoms with Gasteiger partial charge in [0.2, 0.25) is 5.79 Å². The molecule has 156 valence electrons. The number of ether oxygens (including phenoxy) is 3. The first-order chi connectivity index (χ1) is 13.4. The summed E-state index contributed by atoms with van der Waals surface area (Å²) in [6.07, 6.45) is 7.00. The number of fused-ring (bicyclic) bond motifs is 3. The molecule has 0 aliphatic carbocycles. The van der Waals surface area contributed by atoms with Gasteiger partial charge in [0.15, 0.2) is 0 Å². The van der Waals surface area contributed by atoms with Gasteiger partial charge in [-0.05, 0) is 45.1 Å². The number of esters is 2. The highest BCUT2D eigenvalue weighted by molar-refractivity contribution is 5.75. The van der Waals surface area contributed by atoms with Crippen molar-refractivity contribution in [1.29, 1.82) is 0 Å². The average Bonchev–Trinajstić information content (AvgIpc) is 3.33. The fraction of sp³-hybridized carbons (Fsp3) is 0.909. The fourth-order valence-electron chi connectivity index (χ4n) is 6.98. The Morgan fingerprint density at radius 3 is 2.46 bits per heavy atom. The zero-order chi connectivity index (χ0) is 19.6. The number of nitrogens with zero attached hydrogens (tertiary/aromatic N) is 1. The minimum atomic E-state index is -0.712. The molecule has 5 rings (SSSR count). The second-order valence-corrected chi connectivity index (χ2v) is 9.79. The van der Waals surface area contributed by atoms with Gasteiger partial charge in [0.25, 0.3) is 0 Å². The molecule has 6 nitrogen and oxygen atoms in total. The maximum absolute atomic E-state index is 12.2. The Morgan fingerprint density at radius 1 is 1.04 bits per heavy atom. The lowest BCUT2D eigenvalue weighted by atomic mass is 9.76. The van der Waals surface area contributed by atoms with Crippen molar-refractivity contribution in [3.05, 3.63) is 0 Å². The SMILES string of the molecule is CC[C@H]1[C@H]2[C@@H](CCCN3[C@H]2CC[C@H]3[C@@H]2C[C@H](C)C(=O)O2)O[C@]12C[C@H](C)C(=O)O2. The quantitative estimate of drug-likeness (QED) is 0.675. The van der Waals surface area contributed by atoms with E-state index in [0.29, 0.717) is 24.4 Å². The highest BCUT2D eigenvalue weighted by Crippen LogP contribution is 2.55. The van der Waals surface area contributed by atoms with Crippen LogP contribution in [0.4, 0.5) is 0 Å². The van der Waals surface area contributed by atoms with Gasteiger partial charge in [-0.25, -0.2) is 0 Å². The molecule has 5 saturated heterocycles. The molecule has 0 saturated carbocycles. The fourth-order valence-corrected chi connectivity index (χ4v) is 6.98. The molecule has 1 spiro atoms. The molecule has 0 N–H and O–H groups in total. The summed E-state index contributed by atoms with van der Waals surface area (Å²) in [5.41, 5.74) is 0. The summed E-state index contributed by atoms with van der Waals surface area (Å²) in [6.45, 7) is 7.18. The van der Waals surface area contributed by atoms with Gasteiger partial charge < -0.3 is 14.2 Å². The predicted molar refractivity (Wildman–Crippen MR) is 101 cm³/mol. The Kier molecular flexibility index (Phi) is 4.51. The Morgan fingerprint density at radius 2 is 1.82 bits per heavy atom. The third-order valence-electron chi connectivity index (χ3n) is 8.16. The Labute approximate surface area is 167 Å². The van der Waals surface area contributed by atoms with Crippen LogP contribution in [-0.4, -0.2) is 53.5 Å². The highest BCUT2D eigenvalue weighted by atomic mass is 16.7. The van der Waals surface area contributed by atoms with Gasteiger partial charge in [-0.1, -0.05) is 20.8 Å². The average molecular weight is 392 g/mol. The lowest BCUT2D eigenvalue weighted by molar-refractivity contribution is -0.219. The lowest BCUT2D eigenvalue weighted by Gasteiger charge is -2.37. The summed E-state index contributed by atoms with van der Waals surface area (Å²) >= 11 is 0. The molecule has 5 fully saturated rings. The normalized spacial score (nSPS) is 51.1. The number of rotatable bonds is 2. The van der Waals surface area contributed by atoms with Crippen molar-refractivity contribution in [1.82, 2.24) is 4.90 Å². The van der Waals surface area contributed by atoms with Gasteiger partial charge in [0, 0.05) is 30.3 Å². The molecule has 0 unspecified atom stereocenters. The molecule has 5 aliphatic rings. The minimum Gasteiger partial charge on any atom is -0.460 e. The lowest BCUT2D eigenvalue weighted by Crippen LogP contribution is -2.48. The molecule has 9 atom stereocenters. The maximum Gasteiger partial charge on any atom is 0.311 e. The van der Waals surface area contributed by atoms with Gasteiger partial charge in [0.05, 0.1) is 17.9 Å². The van der Waals surface area contributed by atoms with Gasteiger partial charge in [-0.15, -0.1) is 0 Å². The molecule has 0 amide bonds. The standard InChI is InChI=1S/C22H33NO5/c1-4-14-19-16-8-7-15(18-10-12(2)20(24)26-18)23(16)9-5-6-17(19)27-22(14)11-13(3)21(25)28-22/h12-19H,4-11H2,1-3H3/t12-,13-,14-,15-,16-,17+,18-,19+,22-/m0/s1. The van der Waals surface area contributed by atoms with E-state index in [1.165, 1.54) is 0 Å². The summed E-state index contributed by atoms with van der Waals surface area (Å²) in [6, 6.07) is 0.766. The van der Waals surface area contributed by atoms with Crippen LogP contribution in [0.3, 0.4) is 0 Å². The smallest absolute Gasteiger partial charge is 0.311 e. The molecule has 0 aromatic heterocycles. The molecular weight excluding hydrogens is 358 g/mol. The molecule has 28 heavy (non-hydrogen) atoms. The summed E-state index contributed by atoms with van der Waals surface area (Å²) in [7, 11) is 0. The van der Waals surface area contributed by atoms with Crippen molar-refractivity contribution < 1.29 is 23.8 Å². The Hall–Kier alpha value is -1.14. The molecule has 6 heteroatoms. The van der Waals surface area contributed by atoms with Crippen LogP contribution in [0, 0.1) is 23.7 Å². The van der Waals surface area contributed by atoms with Gasteiger partial charge in [-0.3, -0.25) is 14.5 Å². The second kappa shape index (κ2) is 6.69. The number of hydrogen-bond donors (Lipinski definition) is 0. The number of carbonyl (C=O) groups is 2. The molecule has 5 aliphatic heterocycles. The molecular formula is C22H33NO5. The summed E-state index contributed by atoms with van der Waals surface area (Å²) in [4.78, 5) is 26.8. The van der Waals surface area contributed by atoms with E-state index in [4.69, 9.17) is 14.2 Å². The molecule has 5 heterocycles. The topological polar surface area (TPSA) is 65.1 Å². The first kappa shape index (κ1) is 18.9. The first-order valence-electron chi connectivity index (χ1n) is 11.3. The van der Waals surface area contributed by atoms with Crippen LogP contribution in [0.5, 0.6) is 0 Å². The van der Waals surface area contributed by atoms with E-state index < -0.39 is 5.79 Å². The van der Waals surface area contributed by atoms with Crippen molar-refractivity contribution in [2.75, 3.05) is 6.54 Å². The van der Waals surface area contributed by atoms with E-state index in [0.717, 1.165) is 45.1 Å². The predicted octanol–water partition coefficient (Wildman–Crippen LogP) is 2.89. The van der Waals surface area contributed by atoms with E-state index >= 15 is 0 Å². The van der Waals surface area contributed by atoms with E-state index in [1.807, 2.05) is 13.8 Å². The number of hydrogen-bond acceptors (Lipinski definition) is 6. The van der Waals surface area contributed by atoms with Crippen LogP contribution < -0.4 is 0 Å². The van der Waals surface area contributed by atoms with Crippen LogP contribution in [0.25, 0.3) is 0 Å². The molecule has 0 aromatic carbocycles.